The van der Waals surface area contributed by atoms with Crippen LogP contribution in [0.2, 0.25) is 0 Å². The summed E-state index contributed by atoms with van der Waals surface area (Å²) in [6.45, 7) is 0.184. The SMILES string of the molecule is Nc1snnc1COc1ccc(Br)c(F)c1. The second kappa shape index (κ2) is 4.75. The Kier molecular flexibility index (Phi) is 3.35. The van der Waals surface area contributed by atoms with Gasteiger partial charge in [0.15, 0.2) is 0 Å². The van der Waals surface area contributed by atoms with Crippen molar-refractivity contribution < 1.29 is 9.13 Å². The van der Waals surface area contributed by atoms with Crippen molar-refractivity contribution in [1.82, 2.24) is 9.59 Å². The fraction of sp³-hybridized carbons (Fsp3) is 0.111. The van der Waals surface area contributed by atoms with Gasteiger partial charge in [0.1, 0.15) is 28.9 Å². The molecular weight excluding hydrogens is 297 g/mol. The molecule has 7 heteroatoms. The number of nitrogen functional groups attached to an aromatic ring is 1. The molecule has 0 fully saturated rings. The summed E-state index contributed by atoms with van der Waals surface area (Å²) in [6, 6.07) is 4.52. The zero-order valence-corrected chi connectivity index (χ0v) is 10.4. The molecule has 1 aromatic carbocycles. The van der Waals surface area contributed by atoms with Gasteiger partial charge in [0.25, 0.3) is 0 Å². The van der Waals surface area contributed by atoms with Crippen LogP contribution in [0.15, 0.2) is 22.7 Å². The van der Waals surface area contributed by atoms with Crippen molar-refractivity contribution in [3.8, 4) is 5.75 Å². The number of ether oxygens (including phenoxy) is 1. The van der Waals surface area contributed by atoms with Crippen molar-refractivity contribution in [1.29, 1.82) is 0 Å². The lowest BCUT2D eigenvalue weighted by Crippen LogP contribution is -1.99. The van der Waals surface area contributed by atoms with Crippen molar-refractivity contribution in [2.75, 3.05) is 5.73 Å². The van der Waals surface area contributed by atoms with E-state index in [2.05, 4.69) is 25.5 Å². The molecule has 0 saturated heterocycles. The highest BCUT2D eigenvalue weighted by Gasteiger charge is 2.06. The van der Waals surface area contributed by atoms with Crippen LogP contribution in [0.3, 0.4) is 0 Å². The Bertz CT molecular complexity index is 505. The van der Waals surface area contributed by atoms with Crippen LogP contribution in [0, 0.1) is 5.82 Å². The molecule has 0 bridgehead atoms. The molecule has 0 amide bonds. The van der Waals surface area contributed by atoms with Gasteiger partial charge in [-0.2, -0.15) is 0 Å². The predicted octanol–water partition coefficient (Wildman–Crippen LogP) is 2.60. The van der Waals surface area contributed by atoms with Crippen molar-refractivity contribution >= 4 is 32.5 Å². The van der Waals surface area contributed by atoms with Crippen LogP contribution in [-0.2, 0) is 6.61 Å². The van der Waals surface area contributed by atoms with Gasteiger partial charge in [-0.25, -0.2) is 4.39 Å². The van der Waals surface area contributed by atoms with E-state index in [1.807, 2.05) is 0 Å². The molecule has 0 radical (unpaired) electrons. The lowest BCUT2D eigenvalue weighted by Gasteiger charge is -2.04. The molecule has 1 aromatic heterocycles. The first-order chi connectivity index (χ1) is 7.66. The Morgan fingerprint density at radius 1 is 1.50 bits per heavy atom. The second-order valence-electron chi connectivity index (χ2n) is 2.95. The van der Waals surface area contributed by atoms with Crippen molar-refractivity contribution in [2.24, 2.45) is 0 Å². The average molecular weight is 304 g/mol. The monoisotopic (exact) mass is 303 g/mol. The molecular formula is C9H7BrFN3OS. The third kappa shape index (κ3) is 2.48. The summed E-state index contributed by atoms with van der Waals surface area (Å²) in [5, 5.41) is 4.30. The Morgan fingerprint density at radius 3 is 2.94 bits per heavy atom. The van der Waals surface area contributed by atoms with E-state index < -0.39 is 0 Å². The van der Waals surface area contributed by atoms with Crippen molar-refractivity contribution in [3.63, 3.8) is 0 Å². The molecule has 0 aliphatic rings. The first-order valence-corrected chi connectivity index (χ1v) is 5.88. The van der Waals surface area contributed by atoms with E-state index in [9.17, 15) is 4.39 Å². The van der Waals surface area contributed by atoms with Gasteiger partial charge in [0.05, 0.1) is 4.47 Å². The fourth-order valence-electron chi connectivity index (χ4n) is 1.03. The number of nitrogens with two attached hydrogens (primary N) is 1. The van der Waals surface area contributed by atoms with Crippen LogP contribution in [0.25, 0.3) is 0 Å². The summed E-state index contributed by atoms with van der Waals surface area (Å²) in [5.41, 5.74) is 6.15. The number of aromatic nitrogens is 2. The van der Waals surface area contributed by atoms with E-state index in [1.54, 1.807) is 12.1 Å². The number of nitrogens with zero attached hydrogens (tertiary/aromatic N) is 2. The standard InChI is InChI=1S/C9H7BrFN3OS/c10-6-2-1-5(3-7(6)11)15-4-8-9(12)16-14-13-8/h1-3H,4,12H2. The Labute approximate surface area is 104 Å². The maximum absolute atomic E-state index is 13.1. The molecule has 4 nitrogen and oxygen atoms in total. The van der Waals surface area contributed by atoms with Crippen molar-refractivity contribution in [3.05, 3.63) is 34.2 Å². The minimum absolute atomic E-state index is 0.184. The van der Waals surface area contributed by atoms with Crippen LogP contribution in [0.1, 0.15) is 5.69 Å². The highest BCUT2D eigenvalue weighted by atomic mass is 79.9. The number of benzene rings is 1. The Morgan fingerprint density at radius 2 is 2.31 bits per heavy atom. The van der Waals surface area contributed by atoms with Gasteiger partial charge in [-0.05, 0) is 28.1 Å². The summed E-state index contributed by atoms with van der Waals surface area (Å²) in [7, 11) is 0. The van der Waals surface area contributed by atoms with Crippen LogP contribution in [0.5, 0.6) is 5.75 Å². The van der Waals surface area contributed by atoms with E-state index in [-0.39, 0.29) is 12.4 Å². The van der Waals surface area contributed by atoms with Gasteiger partial charge in [-0.1, -0.05) is 4.49 Å². The number of rotatable bonds is 3. The lowest BCUT2D eigenvalue weighted by molar-refractivity contribution is 0.300. The number of hydrogen-bond acceptors (Lipinski definition) is 5. The third-order valence-electron chi connectivity index (χ3n) is 1.85. The summed E-state index contributed by atoms with van der Waals surface area (Å²) in [5.74, 6) is 0.0509. The van der Waals surface area contributed by atoms with Gasteiger partial charge in [-0.3, -0.25) is 0 Å². The predicted molar refractivity (Wildman–Crippen MR) is 62.8 cm³/mol. The van der Waals surface area contributed by atoms with Crippen molar-refractivity contribution in [2.45, 2.75) is 6.61 Å². The summed E-state index contributed by atoms with van der Waals surface area (Å²) in [4.78, 5) is 0. The van der Waals surface area contributed by atoms with E-state index in [0.717, 1.165) is 11.5 Å². The molecule has 2 aromatic rings. The molecule has 0 unspecified atom stereocenters. The molecule has 0 aliphatic heterocycles. The normalized spacial score (nSPS) is 10.4. The third-order valence-corrected chi connectivity index (χ3v) is 3.09. The summed E-state index contributed by atoms with van der Waals surface area (Å²) in [6.07, 6.45) is 0. The van der Waals surface area contributed by atoms with E-state index >= 15 is 0 Å². The quantitative estimate of drug-likeness (QED) is 0.947. The van der Waals surface area contributed by atoms with E-state index in [4.69, 9.17) is 10.5 Å². The average Bonchev–Trinajstić information content (AvgIpc) is 2.66. The molecule has 0 aliphatic carbocycles. The van der Waals surface area contributed by atoms with Gasteiger partial charge in [-0.15, -0.1) is 5.10 Å². The fourth-order valence-corrected chi connectivity index (χ4v) is 1.71. The Hall–Kier alpha value is -1.21. The maximum Gasteiger partial charge on any atom is 0.141 e. The zero-order valence-electron chi connectivity index (χ0n) is 7.98. The molecule has 1 heterocycles. The highest BCUT2D eigenvalue weighted by molar-refractivity contribution is 9.10. The topological polar surface area (TPSA) is 61.0 Å². The molecule has 0 atom stereocenters. The van der Waals surface area contributed by atoms with Gasteiger partial charge in [0, 0.05) is 17.6 Å². The van der Waals surface area contributed by atoms with Crippen LogP contribution in [-0.4, -0.2) is 9.59 Å². The molecule has 0 spiro atoms. The number of hydrogen-bond donors (Lipinski definition) is 1. The van der Waals surface area contributed by atoms with E-state index in [1.165, 1.54) is 6.07 Å². The summed E-state index contributed by atoms with van der Waals surface area (Å²) < 4.78 is 22.5. The minimum atomic E-state index is -0.373. The van der Waals surface area contributed by atoms with Crippen LogP contribution < -0.4 is 10.5 Å². The first kappa shape index (κ1) is 11.3. The van der Waals surface area contributed by atoms with Gasteiger partial charge < -0.3 is 10.5 Å². The van der Waals surface area contributed by atoms with Crippen LogP contribution in [0.4, 0.5) is 9.39 Å². The highest BCUT2D eigenvalue weighted by Crippen LogP contribution is 2.22. The minimum Gasteiger partial charge on any atom is -0.487 e. The molecule has 2 rings (SSSR count). The maximum atomic E-state index is 13.1. The first-order valence-electron chi connectivity index (χ1n) is 4.31. The molecule has 2 N–H and O–H groups in total. The smallest absolute Gasteiger partial charge is 0.141 e. The number of halogens is 2. The zero-order chi connectivity index (χ0) is 11.5. The lowest BCUT2D eigenvalue weighted by atomic mass is 10.3. The summed E-state index contributed by atoms with van der Waals surface area (Å²) >= 11 is 4.16. The molecule has 0 saturated carbocycles. The molecule has 84 valence electrons. The Balaban J connectivity index is 2.05. The van der Waals surface area contributed by atoms with Crippen LogP contribution >= 0.6 is 27.5 Å². The van der Waals surface area contributed by atoms with Gasteiger partial charge >= 0.3 is 0 Å². The second-order valence-corrected chi connectivity index (χ2v) is 4.59. The number of anilines is 1. The van der Waals surface area contributed by atoms with E-state index in [0.29, 0.717) is 20.9 Å². The molecule has 16 heavy (non-hydrogen) atoms. The van der Waals surface area contributed by atoms with Gasteiger partial charge in [0.2, 0.25) is 0 Å². The largest absolute Gasteiger partial charge is 0.487 e.